The van der Waals surface area contributed by atoms with E-state index in [0.29, 0.717) is 5.92 Å². The lowest BCUT2D eigenvalue weighted by Gasteiger charge is -2.27. The van der Waals surface area contributed by atoms with Crippen LogP contribution in [0.4, 0.5) is 0 Å². The highest BCUT2D eigenvalue weighted by atomic mass is 16.3. The molecule has 0 bridgehead atoms. The Bertz CT molecular complexity index is 284. The summed E-state index contributed by atoms with van der Waals surface area (Å²) in [6.07, 6.45) is 4.02. The minimum Gasteiger partial charge on any atom is -0.468 e. The molecule has 0 aliphatic rings. The van der Waals surface area contributed by atoms with Crippen molar-refractivity contribution in [2.24, 2.45) is 11.7 Å². The summed E-state index contributed by atoms with van der Waals surface area (Å²) < 4.78 is 5.40. The van der Waals surface area contributed by atoms with E-state index in [4.69, 9.17) is 10.2 Å². The molecule has 3 nitrogen and oxygen atoms in total. The van der Waals surface area contributed by atoms with Gasteiger partial charge in [-0.25, -0.2) is 0 Å². The van der Waals surface area contributed by atoms with Crippen LogP contribution in [0.15, 0.2) is 22.8 Å². The zero-order valence-corrected chi connectivity index (χ0v) is 11.4. The molecule has 17 heavy (non-hydrogen) atoms. The summed E-state index contributed by atoms with van der Waals surface area (Å²) in [5.74, 6) is 1.60. The molecule has 0 radical (unpaired) electrons. The normalized spacial score (nSPS) is 15.1. The Morgan fingerprint density at radius 2 is 2.18 bits per heavy atom. The van der Waals surface area contributed by atoms with Crippen molar-refractivity contribution in [3.8, 4) is 0 Å². The van der Waals surface area contributed by atoms with Gasteiger partial charge in [-0.2, -0.15) is 0 Å². The van der Waals surface area contributed by atoms with Crippen molar-refractivity contribution in [1.29, 1.82) is 0 Å². The first kappa shape index (κ1) is 14.3. The van der Waals surface area contributed by atoms with Gasteiger partial charge in [-0.1, -0.05) is 27.2 Å². The van der Waals surface area contributed by atoms with Crippen molar-refractivity contribution in [1.82, 2.24) is 4.90 Å². The Kier molecular flexibility index (Phi) is 6.30. The molecule has 3 heteroatoms. The number of hydrogen-bond acceptors (Lipinski definition) is 3. The molecule has 1 aromatic rings. The number of nitrogens with zero attached hydrogens (tertiary/aromatic N) is 1. The Balaban J connectivity index is 2.48. The second-order valence-electron chi connectivity index (χ2n) is 4.86. The minimum absolute atomic E-state index is 0.251. The van der Waals surface area contributed by atoms with E-state index in [9.17, 15) is 0 Å². The second kappa shape index (κ2) is 7.51. The number of hydrogen-bond donors (Lipinski definition) is 1. The fourth-order valence-electron chi connectivity index (χ4n) is 1.95. The Hall–Kier alpha value is -0.800. The fraction of sp³-hybridized carbons (Fsp3) is 0.714. The average Bonchev–Trinajstić information content (AvgIpc) is 2.81. The predicted octanol–water partition coefficient (Wildman–Crippen LogP) is 2.87. The highest BCUT2D eigenvalue weighted by molar-refractivity contribution is 4.98. The van der Waals surface area contributed by atoms with Crippen LogP contribution in [0.25, 0.3) is 0 Å². The van der Waals surface area contributed by atoms with Crippen LogP contribution in [0.5, 0.6) is 0 Å². The Morgan fingerprint density at radius 3 is 2.71 bits per heavy atom. The van der Waals surface area contributed by atoms with Gasteiger partial charge in [-0.05, 0) is 31.0 Å². The third kappa shape index (κ3) is 4.92. The summed E-state index contributed by atoms with van der Waals surface area (Å²) in [7, 11) is 0. The van der Waals surface area contributed by atoms with E-state index in [1.165, 1.54) is 0 Å². The maximum Gasteiger partial charge on any atom is 0.117 e. The topological polar surface area (TPSA) is 42.4 Å². The zero-order chi connectivity index (χ0) is 12.7. The third-order valence-electron chi connectivity index (χ3n) is 3.34. The second-order valence-corrected chi connectivity index (χ2v) is 4.86. The van der Waals surface area contributed by atoms with Gasteiger partial charge in [-0.15, -0.1) is 0 Å². The van der Waals surface area contributed by atoms with Crippen molar-refractivity contribution >= 4 is 0 Å². The smallest absolute Gasteiger partial charge is 0.117 e. The van der Waals surface area contributed by atoms with Gasteiger partial charge in [0.2, 0.25) is 0 Å². The van der Waals surface area contributed by atoms with Crippen LogP contribution < -0.4 is 5.73 Å². The minimum atomic E-state index is 0.251. The molecular weight excluding hydrogens is 212 g/mol. The average molecular weight is 238 g/mol. The Labute approximate surface area is 105 Å². The van der Waals surface area contributed by atoms with Crippen LogP contribution in [-0.2, 0) is 6.54 Å². The number of rotatable bonds is 8. The van der Waals surface area contributed by atoms with E-state index < -0.39 is 0 Å². The van der Waals surface area contributed by atoms with Gasteiger partial charge in [0.05, 0.1) is 12.8 Å². The number of nitrogens with two attached hydrogens (primary N) is 1. The van der Waals surface area contributed by atoms with Crippen LogP contribution in [0.2, 0.25) is 0 Å². The van der Waals surface area contributed by atoms with Crippen LogP contribution in [0.3, 0.4) is 0 Å². The van der Waals surface area contributed by atoms with Gasteiger partial charge in [0.15, 0.2) is 0 Å². The maximum absolute atomic E-state index is 6.22. The molecule has 0 aromatic carbocycles. The van der Waals surface area contributed by atoms with Gasteiger partial charge in [0.25, 0.3) is 0 Å². The molecule has 0 saturated heterocycles. The molecule has 0 unspecified atom stereocenters. The molecule has 1 heterocycles. The summed E-state index contributed by atoms with van der Waals surface area (Å²) in [6.45, 7) is 9.51. The lowest BCUT2D eigenvalue weighted by molar-refractivity contribution is 0.210. The van der Waals surface area contributed by atoms with Crippen LogP contribution >= 0.6 is 0 Å². The van der Waals surface area contributed by atoms with Gasteiger partial charge in [-0.3, -0.25) is 4.90 Å². The van der Waals surface area contributed by atoms with Crippen molar-refractivity contribution in [3.05, 3.63) is 24.2 Å². The van der Waals surface area contributed by atoms with Crippen molar-refractivity contribution < 1.29 is 4.42 Å². The largest absolute Gasteiger partial charge is 0.468 e. The van der Waals surface area contributed by atoms with E-state index in [2.05, 4.69) is 25.7 Å². The summed E-state index contributed by atoms with van der Waals surface area (Å²) in [4.78, 5) is 2.38. The first-order chi connectivity index (χ1) is 8.17. The standard InChI is InChI=1S/C14H26N2O/c1-4-8-16(10-13-7-6-9-17-13)11-14(15)12(3)5-2/h6-7,9,12,14H,4-5,8,10-11,15H2,1-3H3/t12-,14+/m1/s1. The molecule has 0 spiro atoms. The van der Waals surface area contributed by atoms with Crippen molar-refractivity contribution in [2.75, 3.05) is 13.1 Å². The molecule has 0 saturated carbocycles. The highest BCUT2D eigenvalue weighted by Gasteiger charge is 2.15. The molecule has 1 rings (SSSR count). The van der Waals surface area contributed by atoms with Crippen LogP contribution in [0, 0.1) is 5.92 Å². The Morgan fingerprint density at radius 1 is 1.41 bits per heavy atom. The molecule has 1 aromatic heterocycles. The fourth-order valence-corrected chi connectivity index (χ4v) is 1.95. The van der Waals surface area contributed by atoms with Gasteiger partial charge in [0.1, 0.15) is 5.76 Å². The third-order valence-corrected chi connectivity index (χ3v) is 3.34. The maximum atomic E-state index is 6.22. The van der Waals surface area contributed by atoms with Crippen LogP contribution in [0.1, 0.15) is 39.4 Å². The lowest BCUT2D eigenvalue weighted by atomic mass is 9.99. The van der Waals surface area contributed by atoms with E-state index in [1.807, 2.05) is 12.1 Å². The monoisotopic (exact) mass is 238 g/mol. The molecular formula is C14H26N2O. The van der Waals surface area contributed by atoms with Crippen molar-refractivity contribution in [3.63, 3.8) is 0 Å². The van der Waals surface area contributed by atoms with Crippen molar-refractivity contribution in [2.45, 2.75) is 46.2 Å². The van der Waals surface area contributed by atoms with E-state index in [1.54, 1.807) is 6.26 Å². The summed E-state index contributed by atoms with van der Waals surface area (Å²) in [6, 6.07) is 4.22. The van der Waals surface area contributed by atoms with Gasteiger partial charge in [0, 0.05) is 12.6 Å². The van der Waals surface area contributed by atoms with Gasteiger partial charge >= 0.3 is 0 Å². The summed E-state index contributed by atoms with van der Waals surface area (Å²) in [5.41, 5.74) is 6.22. The van der Waals surface area contributed by atoms with E-state index in [-0.39, 0.29) is 6.04 Å². The number of furan rings is 1. The zero-order valence-electron chi connectivity index (χ0n) is 11.4. The molecule has 0 fully saturated rings. The molecule has 98 valence electrons. The highest BCUT2D eigenvalue weighted by Crippen LogP contribution is 2.11. The predicted molar refractivity (Wildman–Crippen MR) is 71.7 cm³/mol. The summed E-state index contributed by atoms with van der Waals surface area (Å²) in [5, 5.41) is 0. The SMILES string of the molecule is CCCN(Cc1ccco1)C[C@H](N)[C@H](C)CC. The molecule has 2 atom stereocenters. The first-order valence-electron chi connectivity index (χ1n) is 6.67. The van der Waals surface area contributed by atoms with E-state index >= 15 is 0 Å². The lowest BCUT2D eigenvalue weighted by Crippen LogP contribution is -2.41. The molecule has 2 N–H and O–H groups in total. The quantitative estimate of drug-likeness (QED) is 0.757. The molecule has 0 aliphatic carbocycles. The molecule has 0 amide bonds. The molecule has 0 aliphatic heterocycles. The first-order valence-corrected chi connectivity index (χ1v) is 6.67. The van der Waals surface area contributed by atoms with E-state index in [0.717, 1.165) is 38.2 Å². The van der Waals surface area contributed by atoms with Crippen LogP contribution in [-0.4, -0.2) is 24.0 Å². The van der Waals surface area contributed by atoms with Gasteiger partial charge < -0.3 is 10.2 Å². The summed E-state index contributed by atoms with van der Waals surface area (Å²) >= 11 is 0.